The molecule has 0 aliphatic carbocycles. The summed E-state index contributed by atoms with van der Waals surface area (Å²) in [6.07, 6.45) is 3.51. The van der Waals surface area contributed by atoms with Gasteiger partial charge in [-0.2, -0.15) is 5.10 Å². The van der Waals surface area contributed by atoms with Crippen LogP contribution < -0.4 is 5.43 Å². The summed E-state index contributed by atoms with van der Waals surface area (Å²) in [6.45, 7) is 4.12. The summed E-state index contributed by atoms with van der Waals surface area (Å²) in [5, 5.41) is 5.14. The molecule has 140 valence electrons. The first-order chi connectivity index (χ1) is 13.5. The van der Waals surface area contributed by atoms with Crippen LogP contribution in [0.3, 0.4) is 0 Å². The van der Waals surface area contributed by atoms with Crippen LogP contribution in [0.2, 0.25) is 0 Å². The van der Waals surface area contributed by atoms with Crippen molar-refractivity contribution < 1.29 is 4.79 Å². The van der Waals surface area contributed by atoms with Crippen LogP contribution in [0.1, 0.15) is 27.3 Å². The van der Waals surface area contributed by atoms with Crippen molar-refractivity contribution in [2.45, 2.75) is 13.8 Å². The Bertz CT molecular complexity index is 1170. The molecule has 0 bridgehead atoms. The Morgan fingerprint density at radius 1 is 1.07 bits per heavy atom. The van der Waals surface area contributed by atoms with E-state index < -0.39 is 0 Å². The Morgan fingerprint density at radius 3 is 2.50 bits per heavy atom. The number of carbonyl (C=O) groups excluding carboxylic acids is 1. The Kier molecular flexibility index (Phi) is 4.88. The van der Waals surface area contributed by atoms with Gasteiger partial charge in [-0.3, -0.25) is 4.79 Å². The average Bonchev–Trinajstić information content (AvgIpc) is 3.24. The number of benzene rings is 2. The van der Waals surface area contributed by atoms with E-state index in [1.807, 2.05) is 48.7 Å². The molecule has 6 heteroatoms. The van der Waals surface area contributed by atoms with Crippen LogP contribution in [-0.2, 0) is 0 Å². The molecule has 1 amide bonds. The van der Waals surface area contributed by atoms with Crippen LogP contribution in [0.5, 0.6) is 0 Å². The Labute approximate surface area is 171 Å². The van der Waals surface area contributed by atoms with Crippen molar-refractivity contribution in [3.05, 3.63) is 87.8 Å². The SMILES string of the molecule is Cc1ccc(C)n1-c1ccc(C(=O)N/N=C/c2c[nH]c3ccc(Br)cc23)cc1. The molecule has 2 N–H and O–H groups in total. The van der Waals surface area contributed by atoms with E-state index in [-0.39, 0.29) is 5.91 Å². The summed E-state index contributed by atoms with van der Waals surface area (Å²) >= 11 is 3.47. The number of aromatic nitrogens is 2. The lowest BCUT2D eigenvalue weighted by Gasteiger charge is -2.10. The third-order valence-electron chi connectivity index (χ3n) is 4.70. The van der Waals surface area contributed by atoms with Crippen LogP contribution in [0.15, 0.2) is 70.4 Å². The van der Waals surface area contributed by atoms with E-state index in [0.29, 0.717) is 5.56 Å². The number of hydrogen-bond acceptors (Lipinski definition) is 2. The summed E-state index contributed by atoms with van der Waals surface area (Å²) in [5.41, 5.74) is 8.42. The van der Waals surface area contributed by atoms with Crippen molar-refractivity contribution in [2.75, 3.05) is 0 Å². The number of aromatic amines is 1. The van der Waals surface area contributed by atoms with Gasteiger partial charge in [0.2, 0.25) is 0 Å². The van der Waals surface area contributed by atoms with Crippen LogP contribution in [0.25, 0.3) is 16.6 Å². The van der Waals surface area contributed by atoms with E-state index >= 15 is 0 Å². The minimum absolute atomic E-state index is 0.246. The van der Waals surface area contributed by atoms with E-state index in [2.05, 4.69) is 62.0 Å². The molecule has 0 aliphatic heterocycles. The number of hydrazone groups is 1. The summed E-state index contributed by atoms with van der Waals surface area (Å²) in [7, 11) is 0. The van der Waals surface area contributed by atoms with Crippen molar-refractivity contribution in [3.63, 3.8) is 0 Å². The molecule has 5 nitrogen and oxygen atoms in total. The molecule has 0 radical (unpaired) electrons. The minimum Gasteiger partial charge on any atom is -0.361 e. The molecule has 28 heavy (non-hydrogen) atoms. The van der Waals surface area contributed by atoms with E-state index in [9.17, 15) is 4.79 Å². The maximum atomic E-state index is 12.4. The van der Waals surface area contributed by atoms with Crippen molar-refractivity contribution in [1.29, 1.82) is 0 Å². The lowest BCUT2D eigenvalue weighted by Crippen LogP contribution is -2.17. The molecule has 4 aromatic rings. The van der Waals surface area contributed by atoms with Crippen molar-refractivity contribution >= 4 is 39.0 Å². The highest BCUT2D eigenvalue weighted by Gasteiger charge is 2.08. The molecule has 4 rings (SSSR count). The third kappa shape index (κ3) is 3.51. The number of aryl methyl sites for hydroxylation is 2. The molecule has 0 saturated heterocycles. The van der Waals surface area contributed by atoms with E-state index in [4.69, 9.17) is 0 Å². The first kappa shape index (κ1) is 18.3. The van der Waals surface area contributed by atoms with Crippen LogP contribution >= 0.6 is 15.9 Å². The van der Waals surface area contributed by atoms with Crippen molar-refractivity contribution in [3.8, 4) is 5.69 Å². The fraction of sp³-hybridized carbons (Fsp3) is 0.0909. The monoisotopic (exact) mass is 434 g/mol. The van der Waals surface area contributed by atoms with E-state index in [1.165, 1.54) is 0 Å². The number of fused-ring (bicyclic) bond motifs is 1. The summed E-state index contributed by atoms with van der Waals surface area (Å²) in [4.78, 5) is 15.6. The number of H-pyrrole nitrogens is 1. The highest BCUT2D eigenvalue weighted by molar-refractivity contribution is 9.10. The second-order valence-electron chi connectivity index (χ2n) is 6.63. The molecular weight excluding hydrogens is 416 g/mol. The lowest BCUT2D eigenvalue weighted by atomic mass is 10.2. The maximum Gasteiger partial charge on any atom is 0.271 e. The normalized spacial score (nSPS) is 11.4. The summed E-state index contributed by atoms with van der Waals surface area (Å²) < 4.78 is 3.14. The molecule has 2 aromatic heterocycles. The van der Waals surface area contributed by atoms with Gasteiger partial charge in [0, 0.05) is 49.8 Å². The summed E-state index contributed by atoms with van der Waals surface area (Å²) in [6, 6.07) is 17.6. The molecular formula is C22H19BrN4O. The van der Waals surface area contributed by atoms with Gasteiger partial charge in [-0.1, -0.05) is 15.9 Å². The van der Waals surface area contributed by atoms with Gasteiger partial charge < -0.3 is 9.55 Å². The number of carbonyl (C=O) groups is 1. The molecule has 2 heterocycles. The van der Waals surface area contributed by atoms with Gasteiger partial charge in [0.15, 0.2) is 0 Å². The van der Waals surface area contributed by atoms with Crippen LogP contribution in [0, 0.1) is 13.8 Å². The average molecular weight is 435 g/mol. The van der Waals surface area contributed by atoms with Gasteiger partial charge in [0.25, 0.3) is 5.91 Å². The van der Waals surface area contributed by atoms with Gasteiger partial charge in [-0.05, 0) is 68.4 Å². The minimum atomic E-state index is -0.246. The van der Waals surface area contributed by atoms with Crippen LogP contribution in [-0.4, -0.2) is 21.7 Å². The molecule has 0 fully saturated rings. The Morgan fingerprint density at radius 2 is 1.79 bits per heavy atom. The predicted molar refractivity (Wildman–Crippen MR) is 116 cm³/mol. The molecule has 0 spiro atoms. The largest absolute Gasteiger partial charge is 0.361 e. The van der Waals surface area contributed by atoms with Crippen LogP contribution in [0.4, 0.5) is 0 Å². The van der Waals surface area contributed by atoms with Gasteiger partial charge in [-0.25, -0.2) is 5.43 Å². The summed E-state index contributed by atoms with van der Waals surface area (Å²) in [5.74, 6) is -0.246. The molecule has 0 aliphatic rings. The standard InChI is InChI=1S/C22H19BrN4O/c1-14-3-4-15(2)27(14)19-8-5-16(6-9-19)22(28)26-25-13-17-12-24-21-10-7-18(23)11-20(17)21/h3-13,24H,1-2H3,(H,26,28)/b25-13+. The third-order valence-corrected chi connectivity index (χ3v) is 5.20. The second-order valence-corrected chi connectivity index (χ2v) is 7.55. The zero-order valence-corrected chi connectivity index (χ0v) is 17.1. The number of amides is 1. The Balaban J connectivity index is 1.48. The smallest absolute Gasteiger partial charge is 0.271 e. The zero-order chi connectivity index (χ0) is 19.7. The molecule has 0 atom stereocenters. The van der Waals surface area contributed by atoms with Gasteiger partial charge >= 0.3 is 0 Å². The number of rotatable bonds is 4. The van der Waals surface area contributed by atoms with E-state index in [1.54, 1.807) is 6.21 Å². The van der Waals surface area contributed by atoms with Crippen molar-refractivity contribution in [2.24, 2.45) is 5.10 Å². The first-order valence-corrected chi connectivity index (χ1v) is 9.67. The van der Waals surface area contributed by atoms with Gasteiger partial charge in [-0.15, -0.1) is 0 Å². The number of hydrogen-bond donors (Lipinski definition) is 2. The van der Waals surface area contributed by atoms with E-state index in [0.717, 1.165) is 38.0 Å². The topological polar surface area (TPSA) is 62.2 Å². The molecule has 0 unspecified atom stereocenters. The molecule has 0 saturated carbocycles. The highest BCUT2D eigenvalue weighted by Crippen LogP contribution is 2.21. The van der Waals surface area contributed by atoms with Gasteiger partial charge in [0.1, 0.15) is 0 Å². The zero-order valence-electron chi connectivity index (χ0n) is 15.5. The molecule has 2 aromatic carbocycles. The predicted octanol–water partition coefficient (Wildman–Crippen LogP) is 5.10. The number of nitrogens with zero attached hydrogens (tertiary/aromatic N) is 2. The highest BCUT2D eigenvalue weighted by atomic mass is 79.9. The maximum absolute atomic E-state index is 12.4. The lowest BCUT2D eigenvalue weighted by molar-refractivity contribution is 0.0955. The Hall–Kier alpha value is -3.12. The van der Waals surface area contributed by atoms with Gasteiger partial charge in [0.05, 0.1) is 6.21 Å². The fourth-order valence-corrected chi connectivity index (χ4v) is 3.64. The number of halogens is 1. The van der Waals surface area contributed by atoms with Crippen molar-refractivity contribution in [1.82, 2.24) is 15.0 Å². The second kappa shape index (κ2) is 7.48. The first-order valence-electron chi connectivity index (χ1n) is 8.88. The number of nitrogens with one attached hydrogen (secondary N) is 2. The fourth-order valence-electron chi connectivity index (χ4n) is 3.28. The quantitative estimate of drug-likeness (QED) is 0.340.